The molecule has 94 valence electrons. The van der Waals surface area contributed by atoms with Crippen LogP contribution in [-0.2, 0) is 12.4 Å². The molecule has 0 aliphatic heterocycles. The number of aromatic nitrogens is 2. The smallest absolute Gasteiger partial charge is 0.225 e. The first-order valence-electron chi connectivity index (χ1n) is 5.51. The molecule has 1 aromatic carbocycles. The number of alkyl halides is 1. The van der Waals surface area contributed by atoms with Gasteiger partial charge in [-0.05, 0) is 17.7 Å². The fourth-order valence-electron chi connectivity index (χ4n) is 1.59. The highest BCUT2D eigenvalue weighted by atomic mass is 35.5. The van der Waals surface area contributed by atoms with Gasteiger partial charge in [-0.2, -0.15) is 0 Å². The van der Waals surface area contributed by atoms with Gasteiger partial charge in [-0.3, -0.25) is 0 Å². The van der Waals surface area contributed by atoms with Gasteiger partial charge in [0.1, 0.15) is 0 Å². The molecule has 0 radical (unpaired) electrons. The molecule has 0 spiro atoms. The standard InChI is InChI=1S/C13H13Cl2N3/c1-18(9-10-3-2-4-12(15)5-10)13-16-7-11(6-14)8-17-13/h2-5,7-8H,6,9H2,1H3. The fourth-order valence-corrected chi connectivity index (χ4v) is 1.94. The third-order valence-corrected chi connectivity index (χ3v) is 3.04. The van der Waals surface area contributed by atoms with E-state index >= 15 is 0 Å². The normalized spacial score (nSPS) is 10.4. The van der Waals surface area contributed by atoms with Crippen LogP contribution in [-0.4, -0.2) is 17.0 Å². The van der Waals surface area contributed by atoms with Crippen LogP contribution in [0.4, 0.5) is 5.95 Å². The molecule has 1 heterocycles. The van der Waals surface area contributed by atoms with Crippen LogP contribution in [0.5, 0.6) is 0 Å². The number of rotatable bonds is 4. The predicted octanol–water partition coefficient (Wildman–Crippen LogP) is 3.51. The molecule has 2 aromatic rings. The highest BCUT2D eigenvalue weighted by Gasteiger charge is 2.05. The van der Waals surface area contributed by atoms with E-state index in [1.165, 1.54) is 0 Å². The maximum atomic E-state index is 5.95. The second kappa shape index (κ2) is 6.03. The van der Waals surface area contributed by atoms with E-state index in [0.717, 1.165) is 16.1 Å². The fraction of sp³-hybridized carbons (Fsp3) is 0.231. The van der Waals surface area contributed by atoms with Crippen molar-refractivity contribution in [2.24, 2.45) is 0 Å². The molecular weight excluding hydrogens is 269 g/mol. The Morgan fingerprint density at radius 1 is 1.17 bits per heavy atom. The number of hydrogen-bond donors (Lipinski definition) is 0. The molecule has 2 rings (SSSR count). The summed E-state index contributed by atoms with van der Waals surface area (Å²) in [7, 11) is 1.94. The number of anilines is 1. The van der Waals surface area contributed by atoms with E-state index in [1.807, 2.05) is 36.2 Å². The zero-order chi connectivity index (χ0) is 13.0. The van der Waals surface area contributed by atoms with Gasteiger partial charge in [0.25, 0.3) is 0 Å². The summed E-state index contributed by atoms with van der Waals surface area (Å²) in [6.45, 7) is 0.709. The van der Waals surface area contributed by atoms with Crippen LogP contribution in [0.1, 0.15) is 11.1 Å². The topological polar surface area (TPSA) is 29.0 Å². The molecule has 0 unspecified atom stereocenters. The van der Waals surface area contributed by atoms with Crippen molar-refractivity contribution in [2.75, 3.05) is 11.9 Å². The molecule has 0 aliphatic rings. The molecule has 18 heavy (non-hydrogen) atoms. The average molecular weight is 282 g/mol. The van der Waals surface area contributed by atoms with Crippen molar-refractivity contribution in [1.29, 1.82) is 0 Å². The summed E-state index contributed by atoms with van der Waals surface area (Å²) in [4.78, 5) is 10.5. The summed E-state index contributed by atoms with van der Waals surface area (Å²) in [5, 5.41) is 0.735. The van der Waals surface area contributed by atoms with Gasteiger partial charge >= 0.3 is 0 Å². The van der Waals surface area contributed by atoms with Gasteiger partial charge in [0.05, 0.1) is 5.88 Å². The van der Waals surface area contributed by atoms with Gasteiger partial charge in [-0.1, -0.05) is 23.7 Å². The minimum atomic E-state index is 0.429. The SMILES string of the molecule is CN(Cc1cccc(Cl)c1)c1ncc(CCl)cn1. The van der Waals surface area contributed by atoms with Crippen molar-refractivity contribution in [2.45, 2.75) is 12.4 Å². The highest BCUT2D eigenvalue weighted by Crippen LogP contribution is 2.14. The molecule has 3 nitrogen and oxygen atoms in total. The summed E-state index contributed by atoms with van der Waals surface area (Å²) in [6, 6.07) is 7.75. The van der Waals surface area contributed by atoms with Gasteiger partial charge in [-0.15, -0.1) is 11.6 Å². The molecule has 0 bridgehead atoms. The van der Waals surface area contributed by atoms with Crippen LogP contribution in [0.15, 0.2) is 36.7 Å². The lowest BCUT2D eigenvalue weighted by atomic mass is 10.2. The Hall–Kier alpha value is -1.32. The van der Waals surface area contributed by atoms with E-state index in [-0.39, 0.29) is 0 Å². The Balaban J connectivity index is 2.09. The lowest BCUT2D eigenvalue weighted by Gasteiger charge is -2.17. The third-order valence-electron chi connectivity index (χ3n) is 2.50. The largest absolute Gasteiger partial charge is 0.340 e. The van der Waals surface area contributed by atoms with Gasteiger partial charge in [0.2, 0.25) is 5.95 Å². The van der Waals surface area contributed by atoms with Crippen molar-refractivity contribution >= 4 is 29.2 Å². The van der Waals surface area contributed by atoms with Crippen molar-refractivity contribution < 1.29 is 0 Å². The molecule has 0 saturated carbocycles. The van der Waals surface area contributed by atoms with Crippen molar-refractivity contribution in [3.05, 3.63) is 52.8 Å². The average Bonchev–Trinajstić information content (AvgIpc) is 2.39. The molecule has 0 atom stereocenters. The van der Waals surface area contributed by atoms with Crippen LogP contribution in [0.25, 0.3) is 0 Å². The zero-order valence-electron chi connectivity index (χ0n) is 9.98. The summed E-state index contributed by atoms with van der Waals surface area (Å²) in [5.41, 5.74) is 2.03. The molecule has 0 aliphatic carbocycles. The molecule has 0 saturated heterocycles. The number of halogens is 2. The minimum absolute atomic E-state index is 0.429. The van der Waals surface area contributed by atoms with Crippen LogP contribution < -0.4 is 4.90 Å². The molecular formula is C13H13Cl2N3. The van der Waals surface area contributed by atoms with Crippen LogP contribution in [0.3, 0.4) is 0 Å². The van der Waals surface area contributed by atoms with E-state index in [2.05, 4.69) is 9.97 Å². The third kappa shape index (κ3) is 3.34. The first-order valence-corrected chi connectivity index (χ1v) is 6.43. The van der Waals surface area contributed by atoms with Gasteiger partial charge in [0.15, 0.2) is 0 Å². The van der Waals surface area contributed by atoms with E-state index in [4.69, 9.17) is 23.2 Å². The Labute approximate surface area is 116 Å². The Bertz CT molecular complexity index is 514. The maximum Gasteiger partial charge on any atom is 0.225 e. The van der Waals surface area contributed by atoms with Crippen molar-refractivity contribution in [1.82, 2.24) is 9.97 Å². The Kier molecular flexibility index (Phi) is 4.39. The molecule has 0 N–H and O–H groups in total. The second-order valence-corrected chi connectivity index (χ2v) is 4.71. The minimum Gasteiger partial charge on any atom is -0.340 e. The van der Waals surface area contributed by atoms with E-state index in [9.17, 15) is 0 Å². The van der Waals surface area contributed by atoms with Gasteiger partial charge in [-0.25, -0.2) is 9.97 Å². The first kappa shape index (κ1) is 13.1. The summed E-state index contributed by atoms with van der Waals surface area (Å²) in [6.07, 6.45) is 3.48. The highest BCUT2D eigenvalue weighted by molar-refractivity contribution is 6.30. The second-order valence-electron chi connectivity index (χ2n) is 4.01. The summed E-state index contributed by atoms with van der Waals surface area (Å²) < 4.78 is 0. The lowest BCUT2D eigenvalue weighted by Crippen LogP contribution is -2.19. The van der Waals surface area contributed by atoms with Crippen LogP contribution in [0, 0.1) is 0 Å². The van der Waals surface area contributed by atoms with Crippen molar-refractivity contribution in [3.63, 3.8) is 0 Å². The maximum absolute atomic E-state index is 5.95. The van der Waals surface area contributed by atoms with Crippen LogP contribution >= 0.6 is 23.2 Å². The molecule has 5 heteroatoms. The number of hydrogen-bond acceptors (Lipinski definition) is 3. The number of benzene rings is 1. The quantitative estimate of drug-likeness (QED) is 0.804. The van der Waals surface area contributed by atoms with Crippen LogP contribution in [0.2, 0.25) is 5.02 Å². The van der Waals surface area contributed by atoms with E-state index in [1.54, 1.807) is 12.4 Å². The summed E-state index contributed by atoms with van der Waals surface area (Å²) >= 11 is 11.6. The lowest BCUT2D eigenvalue weighted by molar-refractivity contribution is 0.863. The Morgan fingerprint density at radius 2 is 1.89 bits per heavy atom. The number of nitrogens with zero attached hydrogens (tertiary/aromatic N) is 3. The van der Waals surface area contributed by atoms with E-state index < -0.39 is 0 Å². The molecule has 0 amide bonds. The molecule has 1 aromatic heterocycles. The monoisotopic (exact) mass is 281 g/mol. The first-order chi connectivity index (χ1) is 8.69. The van der Waals surface area contributed by atoms with Gasteiger partial charge < -0.3 is 4.90 Å². The van der Waals surface area contributed by atoms with Crippen molar-refractivity contribution in [3.8, 4) is 0 Å². The zero-order valence-corrected chi connectivity index (χ0v) is 11.5. The predicted molar refractivity (Wildman–Crippen MR) is 75.1 cm³/mol. The Morgan fingerprint density at radius 3 is 2.50 bits per heavy atom. The molecule has 0 fully saturated rings. The summed E-state index contributed by atoms with van der Waals surface area (Å²) in [5.74, 6) is 1.10. The van der Waals surface area contributed by atoms with E-state index in [0.29, 0.717) is 18.4 Å². The van der Waals surface area contributed by atoms with Gasteiger partial charge in [0, 0.05) is 36.6 Å².